The van der Waals surface area contributed by atoms with Crippen molar-refractivity contribution in [3.63, 3.8) is 0 Å². The van der Waals surface area contributed by atoms with Gasteiger partial charge in [0.05, 0.1) is 23.4 Å². The number of para-hydroxylation sites is 1. The molecule has 5 nitrogen and oxygen atoms in total. The second kappa shape index (κ2) is 8.12. The smallest absolute Gasteiger partial charge is 0.446 e. The Bertz CT molecular complexity index is 1040. The lowest BCUT2D eigenvalue weighted by molar-refractivity contribution is -0.0327. The van der Waals surface area contributed by atoms with Crippen LogP contribution in [0.25, 0.3) is 22.6 Å². The first-order valence-corrected chi connectivity index (χ1v) is 10.1. The van der Waals surface area contributed by atoms with E-state index in [2.05, 4.69) is 25.9 Å². The first kappa shape index (κ1) is 20.7. The van der Waals surface area contributed by atoms with Crippen LogP contribution in [-0.4, -0.2) is 32.6 Å². The summed E-state index contributed by atoms with van der Waals surface area (Å²) in [4.78, 5) is 21.2. The fourth-order valence-electron chi connectivity index (χ4n) is 2.73. The molecular weight excluding hydrogens is 459 g/mol. The van der Waals surface area contributed by atoms with Crippen LogP contribution in [0.2, 0.25) is 0 Å². The van der Waals surface area contributed by atoms with Crippen LogP contribution >= 0.6 is 27.7 Å². The molecule has 0 atom stereocenters. The number of pyridine rings is 1. The van der Waals surface area contributed by atoms with Crippen molar-refractivity contribution >= 4 is 44.7 Å². The second-order valence-corrected chi connectivity index (χ2v) is 7.39. The number of esters is 1. The highest BCUT2D eigenvalue weighted by molar-refractivity contribution is 9.08. The molecule has 0 saturated heterocycles. The summed E-state index contributed by atoms with van der Waals surface area (Å²) in [6, 6.07) is 7.84. The van der Waals surface area contributed by atoms with Gasteiger partial charge >= 0.3 is 11.5 Å². The topological polar surface area (TPSA) is 57.0 Å². The Morgan fingerprint density at radius 3 is 2.64 bits per heavy atom. The minimum Gasteiger partial charge on any atom is -0.462 e. The SMILES string of the molecule is CCOC(=O)c1ccc(CBr)nc1-c1nc2c(SC(F)(F)F)cccc2n1C. The number of hydrogen-bond acceptors (Lipinski definition) is 5. The van der Waals surface area contributed by atoms with Gasteiger partial charge in [0, 0.05) is 17.3 Å². The molecular formula is C18H15BrF3N3O2S. The number of carbonyl (C=O) groups is 1. The van der Waals surface area contributed by atoms with Gasteiger partial charge in [-0.05, 0) is 43.0 Å². The Balaban J connectivity index is 2.22. The molecule has 3 aromatic rings. The third-order valence-electron chi connectivity index (χ3n) is 3.90. The van der Waals surface area contributed by atoms with Crippen molar-refractivity contribution in [2.75, 3.05) is 6.61 Å². The highest BCUT2D eigenvalue weighted by Gasteiger charge is 2.31. The van der Waals surface area contributed by atoms with Gasteiger partial charge in [0.15, 0.2) is 5.82 Å². The fourth-order valence-corrected chi connectivity index (χ4v) is 3.68. The van der Waals surface area contributed by atoms with E-state index < -0.39 is 11.5 Å². The summed E-state index contributed by atoms with van der Waals surface area (Å²) in [5, 5.41) is 0.447. The first-order valence-electron chi connectivity index (χ1n) is 8.19. The Kier molecular flexibility index (Phi) is 5.99. The Morgan fingerprint density at radius 1 is 1.25 bits per heavy atom. The molecule has 1 aromatic carbocycles. The lowest BCUT2D eigenvalue weighted by atomic mass is 10.1. The standard InChI is InChI=1S/C18H15BrF3N3O2S/c1-3-27-17(26)11-8-7-10(9-19)23-14(11)16-24-15-12(25(16)2)5-4-6-13(15)28-18(20,21)22/h4-8H,3,9H2,1-2H3. The van der Waals surface area contributed by atoms with Crippen LogP contribution in [0.15, 0.2) is 35.2 Å². The second-order valence-electron chi connectivity index (χ2n) is 5.72. The predicted molar refractivity (Wildman–Crippen MR) is 104 cm³/mol. The Hall–Kier alpha value is -2.07. The fraction of sp³-hybridized carbons (Fsp3) is 0.278. The minimum absolute atomic E-state index is 0.0128. The van der Waals surface area contributed by atoms with Gasteiger partial charge in [0.25, 0.3) is 0 Å². The van der Waals surface area contributed by atoms with E-state index >= 15 is 0 Å². The van der Waals surface area contributed by atoms with Crippen LogP contribution in [-0.2, 0) is 17.1 Å². The molecule has 0 radical (unpaired) electrons. The van der Waals surface area contributed by atoms with E-state index in [1.165, 1.54) is 12.1 Å². The number of rotatable bonds is 5. The van der Waals surface area contributed by atoms with E-state index in [0.29, 0.717) is 16.5 Å². The average Bonchev–Trinajstić information content (AvgIpc) is 2.98. The molecule has 2 heterocycles. The van der Waals surface area contributed by atoms with Crippen LogP contribution < -0.4 is 0 Å². The van der Waals surface area contributed by atoms with Crippen LogP contribution in [0, 0.1) is 0 Å². The third-order valence-corrected chi connectivity index (χ3v) is 5.25. The normalized spacial score (nSPS) is 11.8. The van der Waals surface area contributed by atoms with Crippen molar-refractivity contribution in [1.29, 1.82) is 0 Å². The number of halogens is 4. The van der Waals surface area contributed by atoms with Gasteiger partial charge in [0.1, 0.15) is 11.2 Å². The molecule has 3 rings (SSSR count). The maximum atomic E-state index is 12.9. The Labute approximate surface area is 171 Å². The number of nitrogens with zero attached hydrogens (tertiary/aromatic N) is 3. The van der Waals surface area contributed by atoms with E-state index in [0.717, 1.165) is 0 Å². The number of aromatic nitrogens is 3. The summed E-state index contributed by atoms with van der Waals surface area (Å²) in [6.07, 6.45) is 0. The molecule has 0 aliphatic heterocycles. The van der Waals surface area contributed by atoms with E-state index in [4.69, 9.17) is 4.74 Å². The lowest BCUT2D eigenvalue weighted by Gasteiger charge is -2.09. The number of ether oxygens (including phenoxy) is 1. The average molecular weight is 474 g/mol. The molecule has 0 unspecified atom stereocenters. The number of benzene rings is 1. The molecule has 148 valence electrons. The van der Waals surface area contributed by atoms with Crippen LogP contribution in [0.3, 0.4) is 0 Å². The van der Waals surface area contributed by atoms with Gasteiger partial charge < -0.3 is 9.30 Å². The number of carbonyl (C=O) groups excluding carboxylic acids is 1. The van der Waals surface area contributed by atoms with E-state index in [1.54, 1.807) is 36.7 Å². The summed E-state index contributed by atoms with van der Waals surface area (Å²) in [7, 11) is 1.67. The van der Waals surface area contributed by atoms with Gasteiger partial charge in [0.2, 0.25) is 0 Å². The van der Waals surface area contributed by atoms with Crippen LogP contribution in [0.4, 0.5) is 13.2 Å². The predicted octanol–water partition coefficient (Wildman–Crippen LogP) is 5.32. The molecule has 0 N–H and O–H groups in total. The summed E-state index contributed by atoms with van der Waals surface area (Å²) in [5.41, 5.74) is -2.61. The summed E-state index contributed by atoms with van der Waals surface area (Å²) >= 11 is 3.10. The van der Waals surface area contributed by atoms with Gasteiger partial charge in [-0.25, -0.2) is 14.8 Å². The van der Waals surface area contributed by atoms with Crippen molar-refractivity contribution in [2.24, 2.45) is 7.05 Å². The molecule has 0 aliphatic rings. The number of alkyl halides is 4. The van der Waals surface area contributed by atoms with Crippen LogP contribution in [0.5, 0.6) is 0 Å². The summed E-state index contributed by atoms with van der Waals surface area (Å²) in [5.74, 6) is -0.279. The third kappa shape index (κ3) is 4.17. The highest BCUT2D eigenvalue weighted by atomic mass is 79.9. The molecule has 0 bridgehead atoms. The summed E-state index contributed by atoms with van der Waals surface area (Å²) < 4.78 is 45.4. The van der Waals surface area contributed by atoms with Gasteiger partial charge in [-0.2, -0.15) is 13.2 Å². The van der Waals surface area contributed by atoms with E-state index in [1.807, 2.05) is 0 Å². The number of aryl methyl sites for hydroxylation is 1. The number of imidazole rings is 1. The van der Waals surface area contributed by atoms with Crippen molar-refractivity contribution < 1.29 is 22.7 Å². The molecule has 10 heteroatoms. The number of fused-ring (bicyclic) bond motifs is 1. The minimum atomic E-state index is -4.43. The zero-order valence-electron chi connectivity index (χ0n) is 14.9. The maximum absolute atomic E-state index is 12.9. The zero-order valence-corrected chi connectivity index (χ0v) is 17.3. The van der Waals surface area contributed by atoms with Crippen molar-refractivity contribution in [3.8, 4) is 11.5 Å². The molecule has 0 aliphatic carbocycles. The maximum Gasteiger partial charge on any atom is 0.446 e. The molecule has 0 spiro atoms. The quantitative estimate of drug-likeness (QED) is 0.285. The van der Waals surface area contributed by atoms with E-state index in [9.17, 15) is 18.0 Å². The first-order chi connectivity index (χ1) is 13.2. The lowest BCUT2D eigenvalue weighted by Crippen LogP contribution is -2.10. The number of hydrogen-bond donors (Lipinski definition) is 0. The molecule has 0 amide bonds. The summed E-state index contributed by atoms with van der Waals surface area (Å²) in [6.45, 7) is 1.88. The van der Waals surface area contributed by atoms with Gasteiger partial charge in [-0.1, -0.05) is 22.0 Å². The van der Waals surface area contributed by atoms with E-state index in [-0.39, 0.29) is 45.9 Å². The zero-order chi connectivity index (χ0) is 20.5. The van der Waals surface area contributed by atoms with Gasteiger partial charge in [-0.3, -0.25) is 0 Å². The van der Waals surface area contributed by atoms with Crippen molar-refractivity contribution in [3.05, 3.63) is 41.6 Å². The van der Waals surface area contributed by atoms with Crippen molar-refractivity contribution in [1.82, 2.24) is 14.5 Å². The molecule has 0 saturated carbocycles. The van der Waals surface area contributed by atoms with Gasteiger partial charge in [-0.15, -0.1) is 0 Å². The molecule has 28 heavy (non-hydrogen) atoms. The molecule has 0 fully saturated rings. The highest BCUT2D eigenvalue weighted by Crippen LogP contribution is 2.40. The van der Waals surface area contributed by atoms with Crippen LogP contribution in [0.1, 0.15) is 23.0 Å². The molecule has 2 aromatic heterocycles. The van der Waals surface area contributed by atoms with Crippen molar-refractivity contribution in [2.45, 2.75) is 22.7 Å². The number of thioether (sulfide) groups is 1. The largest absolute Gasteiger partial charge is 0.462 e. The monoisotopic (exact) mass is 473 g/mol. The Morgan fingerprint density at radius 2 is 2.00 bits per heavy atom.